The lowest BCUT2D eigenvalue weighted by Crippen LogP contribution is -2.37. The lowest BCUT2D eigenvalue weighted by Gasteiger charge is -2.30. The second kappa shape index (κ2) is 8.44. The molecule has 2 aliphatic carbocycles. The minimum absolute atomic E-state index is 0.175. The van der Waals surface area contributed by atoms with Gasteiger partial charge in [0.15, 0.2) is 0 Å². The fraction of sp³-hybridized carbons (Fsp3) is 0.684. The number of nitrogens with zero attached hydrogens (tertiary/aromatic N) is 1. The van der Waals surface area contributed by atoms with Crippen molar-refractivity contribution in [3.63, 3.8) is 0 Å². The quantitative estimate of drug-likeness (QED) is 0.870. The van der Waals surface area contributed by atoms with E-state index in [1.165, 1.54) is 44.9 Å². The molecule has 0 aromatic carbocycles. The molecular weight excluding hydrogens is 286 g/mol. The molecule has 0 radical (unpaired) electrons. The van der Waals surface area contributed by atoms with Crippen LogP contribution in [0.5, 0.6) is 0 Å². The van der Waals surface area contributed by atoms with Gasteiger partial charge in [0.05, 0.1) is 0 Å². The molecule has 4 heteroatoms. The highest BCUT2D eigenvalue weighted by molar-refractivity contribution is 5.92. The molecule has 0 atom stereocenters. The highest BCUT2D eigenvalue weighted by atomic mass is 16.1. The molecule has 2 fully saturated rings. The molecule has 1 heterocycles. The summed E-state index contributed by atoms with van der Waals surface area (Å²) < 4.78 is 0. The largest absolute Gasteiger partial charge is 0.326 e. The van der Waals surface area contributed by atoms with Crippen molar-refractivity contribution in [1.82, 2.24) is 10.3 Å². The smallest absolute Gasteiger partial charge is 0.227 e. The molecule has 1 aromatic heterocycles. The predicted octanol–water partition coefficient (Wildman–Crippen LogP) is 3.75. The Morgan fingerprint density at radius 3 is 2.39 bits per heavy atom. The molecule has 3 rings (SSSR count). The number of carbonyl (C=O) groups excluding carboxylic acids is 1. The van der Waals surface area contributed by atoms with Crippen molar-refractivity contribution in [2.24, 2.45) is 11.8 Å². The Kier molecular flexibility index (Phi) is 6.03. The maximum absolute atomic E-state index is 12.3. The van der Waals surface area contributed by atoms with Crippen molar-refractivity contribution in [3.05, 3.63) is 24.5 Å². The zero-order valence-corrected chi connectivity index (χ0v) is 14.0. The van der Waals surface area contributed by atoms with E-state index in [-0.39, 0.29) is 11.8 Å². The molecule has 2 aliphatic rings. The molecule has 0 aliphatic heterocycles. The molecule has 23 heavy (non-hydrogen) atoms. The molecule has 2 saturated carbocycles. The Labute approximate surface area is 139 Å². The summed E-state index contributed by atoms with van der Waals surface area (Å²) >= 11 is 0. The van der Waals surface area contributed by atoms with E-state index >= 15 is 0 Å². The second-order valence-electron chi connectivity index (χ2n) is 7.19. The lowest BCUT2D eigenvalue weighted by atomic mass is 9.81. The third-order valence-electron chi connectivity index (χ3n) is 5.47. The Morgan fingerprint density at radius 1 is 1.00 bits per heavy atom. The molecule has 2 N–H and O–H groups in total. The fourth-order valence-electron chi connectivity index (χ4n) is 3.95. The Bertz CT molecular complexity index is 477. The van der Waals surface area contributed by atoms with Gasteiger partial charge in [0, 0.05) is 30.0 Å². The van der Waals surface area contributed by atoms with E-state index in [2.05, 4.69) is 15.6 Å². The van der Waals surface area contributed by atoms with E-state index in [1.54, 1.807) is 12.4 Å². The van der Waals surface area contributed by atoms with Gasteiger partial charge < -0.3 is 10.6 Å². The fourth-order valence-corrected chi connectivity index (χ4v) is 3.95. The Balaban J connectivity index is 1.37. The van der Waals surface area contributed by atoms with Gasteiger partial charge in [-0.05, 0) is 63.1 Å². The van der Waals surface area contributed by atoms with Gasteiger partial charge in [-0.2, -0.15) is 0 Å². The van der Waals surface area contributed by atoms with Gasteiger partial charge in [0.1, 0.15) is 0 Å². The number of carbonyl (C=O) groups is 1. The van der Waals surface area contributed by atoms with Crippen LogP contribution in [0.4, 0.5) is 5.69 Å². The van der Waals surface area contributed by atoms with Crippen molar-refractivity contribution >= 4 is 11.6 Å². The van der Waals surface area contributed by atoms with Crippen LogP contribution < -0.4 is 10.6 Å². The summed E-state index contributed by atoms with van der Waals surface area (Å²) in [4.78, 5) is 16.3. The first-order valence-corrected chi connectivity index (χ1v) is 9.25. The van der Waals surface area contributed by atoms with Crippen LogP contribution in [0.3, 0.4) is 0 Å². The monoisotopic (exact) mass is 315 g/mol. The summed E-state index contributed by atoms with van der Waals surface area (Å²) in [7, 11) is 0. The number of hydrogen-bond acceptors (Lipinski definition) is 3. The van der Waals surface area contributed by atoms with E-state index in [0.29, 0.717) is 0 Å². The van der Waals surface area contributed by atoms with Gasteiger partial charge in [-0.1, -0.05) is 19.3 Å². The van der Waals surface area contributed by atoms with Gasteiger partial charge in [-0.25, -0.2) is 0 Å². The molecule has 0 spiro atoms. The molecular formula is C19H29N3O. The van der Waals surface area contributed by atoms with E-state index in [0.717, 1.165) is 37.0 Å². The number of pyridine rings is 1. The van der Waals surface area contributed by atoms with Crippen LogP contribution >= 0.6 is 0 Å². The van der Waals surface area contributed by atoms with Crippen molar-refractivity contribution < 1.29 is 4.79 Å². The maximum Gasteiger partial charge on any atom is 0.227 e. The Morgan fingerprint density at radius 2 is 1.70 bits per heavy atom. The normalized spacial score (nSPS) is 25.9. The predicted molar refractivity (Wildman–Crippen MR) is 93.2 cm³/mol. The molecule has 1 aromatic rings. The first kappa shape index (κ1) is 16.4. The Hall–Kier alpha value is -1.42. The standard InChI is InChI=1S/C19H29N3O/c23-19(22-18-10-12-20-13-11-18)16-8-6-15(7-9-16)14-21-17-4-2-1-3-5-17/h10-13,15-17,21H,1-9,14H2,(H,20,22,23). The van der Waals surface area contributed by atoms with Gasteiger partial charge >= 0.3 is 0 Å². The van der Waals surface area contributed by atoms with Crippen LogP contribution in [0, 0.1) is 11.8 Å². The van der Waals surface area contributed by atoms with Crippen LogP contribution in [-0.2, 0) is 4.79 Å². The minimum atomic E-state index is 0.175. The van der Waals surface area contributed by atoms with Crippen LogP contribution in [0.1, 0.15) is 57.8 Å². The lowest BCUT2D eigenvalue weighted by molar-refractivity contribution is -0.121. The van der Waals surface area contributed by atoms with Crippen LogP contribution in [0.15, 0.2) is 24.5 Å². The second-order valence-corrected chi connectivity index (χ2v) is 7.19. The summed E-state index contributed by atoms with van der Waals surface area (Å²) in [5.41, 5.74) is 0.853. The third kappa shape index (κ3) is 5.03. The van der Waals surface area contributed by atoms with E-state index in [4.69, 9.17) is 0 Å². The third-order valence-corrected chi connectivity index (χ3v) is 5.47. The number of anilines is 1. The molecule has 126 valence electrons. The average molecular weight is 315 g/mol. The summed E-state index contributed by atoms with van der Waals surface area (Å²) in [6.07, 6.45) is 14.7. The number of nitrogens with one attached hydrogen (secondary N) is 2. The van der Waals surface area contributed by atoms with E-state index < -0.39 is 0 Å². The molecule has 1 amide bonds. The highest BCUT2D eigenvalue weighted by Gasteiger charge is 2.26. The number of rotatable bonds is 5. The minimum Gasteiger partial charge on any atom is -0.326 e. The van der Waals surface area contributed by atoms with E-state index in [9.17, 15) is 4.79 Å². The zero-order chi connectivity index (χ0) is 15.9. The van der Waals surface area contributed by atoms with Gasteiger partial charge in [0.2, 0.25) is 5.91 Å². The molecule has 0 unspecified atom stereocenters. The van der Waals surface area contributed by atoms with Crippen LogP contribution in [0.25, 0.3) is 0 Å². The maximum atomic E-state index is 12.3. The van der Waals surface area contributed by atoms with Crippen molar-refractivity contribution in [1.29, 1.82) is 0 Å². The first-order valence-electron chi connectivity index (χ1n) is 9.25. The van der Waals surface area contributed by atoms with Crippen molar-refractivity contribution in [3.8, 4) is 0 Å². The first-order chi connectivity index (χ1) is 11.3. The summed E-state index contributed by atoms with van der Waals surface area (Å²) in [6.45, 7) is 1.14. The highest BCUT2D eigenvalue weighted by Crippen LogP contribution is 2.29. The van der Waals surface area contributed by atoms with Gasteiger partial charge in [-0.3, -0.25) is 9.78 Å². The van der Waals surface area contributed by atoms with Crippen molar-refractivity contribution in [2.75, 3.05) is 11.9 Å². The summed E-state index contributed by atoms with van der Waals surface area (Å²) in [5.74, 6) is 1.10. The number of aromatic nitrogens is 1. The van der Waals surface area contributed by atoms with Crippen molar-refractivity contribution in [2.45, 2.75) is 63.8 Å². The van der Waals surface area contributed by atoms with Crippen LogP contribution in [-0.4, -0.2) is 23.5 Å². The number of hydrogen-bond donors (Lipinski definition) is 2. The molecule has 4 nitrogen and oxygen atoms in total. The summed E-state index contributed by atoms with van der Waals surface area (Å²) in [6, 6.07) is 4.44. The van der Waals surface area contributed by atoms with E-state index in [1.807, 2.05) is 12.1 Å². The number of amides is 1. The van der Waals surface area contributed by atoms with Gasteiger partial charge in [0.25, 0.3) is 0 Å². The van der Waals surface area contributed by atoms with Crippen LogP contribution in [0.2, 0.25) is 0 Å². The topological polar surface area (TPSA) is 54.0 Å². The SMILES string of the molecule is O=C(Nc1ccncc1)C1CCC(CNC2CCCCC2)CC1. The summed E-state index contributed by atoms with van der Waals surface area (Å²) in [5, 5.41) is 6.78. The molecule has 0 bridgehead atoms. The molecule has 0 saturated heterocycles. The zero-order valence-electron chi connectivity index (χ0n) is 14.0. The van der Waals surface area contributed by atoms with Gasteiger partial charge in [-0.15, -0.1) is 0 Å². The average Bonchev–Trinajstić information content (AvgIpc) is 2.62.